The van der Waals surface area contributed by atoms with Gasteiger partial charge < -0.3 is 10.4 Å². The van der Waals surface area contributed by atoms with E-state index in [9.17, 15) is 5.11 Å². The molecule has 2 aliphatic rings. The molecule has 0 saturated heterocycles. The van der Waals surface area contributed by atoms with E-state index in [0.29, 0.717) is 11.7 Å². The van der Waals surface area contributed by atoms with Crippen molar-refractivity contribution in [2.45, 2.75) is 13.3 Å². The third-order valence-corrected chi connectivity index (χ3v) is 2.54. The molecule has 2 nitrogen and oxygen atoms in total. The van der Waals surface area contributed by atoms with Crippen LogP contribution in [0.4, 0.5) is 0 Å². The number of aliphatic hydroxyl groups excluding tert-OH is 1. The van der Waals surface area contributed by atoms with Gasteiger partial charge in [-0.15, -0.1) is 0 Å². The van der Waals surface area contributed by atoms with E-state index in [1.54, 1.807) is 6.08 Å². The van der Waals surface area contributed by atoms with Gasteiger partial charge in [-0.3, -0.25) is 0 Å². The molecule has 1 atom stereocenters. The predicted octanol–water partition coefficient (Wildman–Crippen LogP) is 2.44. The average Bonchev–Trinajstić information content (AvgIpc) is 2.18. The summed E-state index contributed by atoms with van der Waals surface area (Å²) in [4.78, 5) is 0. The summed E-state index contributed by atoms with van der Waals surface area (Å²) in [5.41, 5.74) is 2.59. The standard InChI is InChI=1S/C12H15NO/c1-9-5-11(8-13-7-9)10-3-2-4-12(14)6-10/h2,4-6,8,10,13-14H,3,7H2,1H3. The Labute approximate surface area is 84.3 Å². The Bertz CT molecular complexity index is 347. The predicted molar refractivity (Wildman–Crippen MR) is 57.8 cm³/mol. The van der Waals surface area contributed by atoms with Crippen LogP contribution in [0.1, 0.15) is 13.3 Å². The molecule has 1 aliphatic heterocycles. The van der Waals surface area contributed by atoms with Crippen molar-refractivity contribution in [3.8, 4) is 0 Å². The molecule has 1 aliphatic carbocycles. The lowest BCUT2D eigenvalue weighted by Gasteiger charge is -2.20. The Morgan fingerprint density at radius 2 is 2.36 bits per heavy atom. The summed E-state index contributed by atoms with van der Waals surface area (Å²) < 4.78 is 0. The normalized spacial score (nSPS) is 26.1. The lowest BCUT2D eigenvalue weighted by molar-refractivity contribution is 0.421. The van der Waals surface area contributed by atoms with Gasteiger partial charge in [0.2, 0.25) is 0 Å². The number of hydrogen-bond acceptors (Lipinski definition) is 2. The second-order valence-corrected chi connectivity index (χ2v) is 3.85. The van der Waals surface area contributed by atoms with E-state index in [0.717, 1.165) is 13.0 Å². The molecule has 0 aromatic carbocycles. The van der Waals surface area contributed by atoms with Gasteiger partial charge in [-0.25, -0.2) is 0 Å². The van der Waals surface area contributed by atoms with E-state index < -0.39 is 0 Å². The molecular weight excluding hydrogens is 174 g/mol. The fraction of sp³-hybridized carbons (Fsp3) is 0.333. The lowest BCUT2D eigenvalue weighted by atomic mass is 9.90. The van der Waals surface area contributed by atoms with Gasteiger partial charge in [-0.05, 0) is 31.1 Å². The van der Waals surface area contributed by atoms with Gasteiger partial charge in [0.15, 0.2) is 0 Å². The molecule has 1 unspecified atom stereocenters. The molecule has 0 saturated carbocycles. The van der Waals surface area contributed by atoms with E-state index in [-0.39, 0.29) is 0 Å². The van der Waals surface area contributed by atoms with Gasteiger partial charge in [0.05, 0.1) is 0 Å². The zero-order valence-electron chi connectivity index (χ0n) is 8.33. The highest BCUT2D eigenvalue weighted by Gasteiger charge is 2.14. The molecule has 0 spiro atoms. The van der Waals surface area contributed by atoms with Crippen LogP contribution in [-0.4, -0.2) is 11.7 Å². The average molecular weight is 189 g/mol. The lowest BCUT2D eigenvalue weighted by Crippen LogP contribution is -2.17. The highest BCUT2D eigenvalue weighted by atomic mass is 16.3. The molecule has 0 fully saturated rings. The van der Waals surface area contributed by atoms with Gasteiger partial charge in [0.25, 0.3) is 0 Å². The third kappa shape index (κ3) is 1.90. The summed E-state index contributed by atoms with van der Waals surface area (Å²) >= 11 is 0. The van der Waals surface area contributed by atoms with Gasteiger partial charge in [-0.2, -0.15) is 0 Å². The topological polar surface area (TPSA) is 32.3 Å². The molecule has 2 N–H and O–H groups in total. The highest BCUT2D eigenvalue weighted by Crippen LogP contribution is 2.25. The maximum absolute atomic E-state index is 9.38. The maximum atomic E-state index is 9.38. The van der Waals surface area contributed by atoms with Crippen molar-refractivity contribution < 1.29 is 5.11 Å². The molecule has 2 rings (SSSR count). The van der Waals surface area contributed by atoms with Crippen LogP contribution in [0.2, 0.25) is 0 Å². The minimum absolute atomic E-state index is 0.322. The van der Waals surface area contributed by atoms with Crippen LogP contribution in [0.15, 0.2) is 47.4 Å². The second kappa shape index (κ2) is 3.74. The minimum Gasteiger partial charge on any atom is -0.508 e. The Kier molecular flexibility index (Phi) is 2.44. The molecule has 74 valence electrons. The van der Waals surface area contributed by atoms with E-state index in [4.69, 9.17) is 0 Å². The Morgan fingerprint density at radius 1 is 1.50 bits per heavy atom. The second-order valence-electron chi connectivity index (χ2n) is 3.85. The quantitative estimate of drug-likeness (QED) is 0.664. The number of aliphatic hydroxyl groups is 1. The van der Waals surface area contributed by atoms with Gasteiger partial charge in [-0.1, -0.05) is 17.7 Å². The SMILES string of the molecule is CC1=CC(C2C=C(O)C=CC2)=CNC1. The first-order chi connectivity index (χ1) is 6.75. The molecule has 14 heavy (non-hydrogen) atoms. The summed E-state index contributed by atoms with van der Waals surface area (Å²) in [5.74, 6) is 0.696. The Morgan fingerprint density at radius 3 is 3.07 bits per heavy atom. The summed E-state index contributed by atoms with van der Waals surface area (Å²) in [6.45, 7) is 3.05. The molecule has 2 heteroatoms. The molecule has 1 heterocycles. The van der Waals surface area contributed by atoms with Gasteiger partial charge >= 0.3 is 0 Å². The molecule has 0 aromatic rings. The van der Waals surface area contributed by atoms with E-state index >= 15 is 0 Å². The molecule has 0 amide bonds. The minimum atomic E-state index is 0.322. The van der Waals surface area contributed by atoms with Crippen LogP contribution in [0.25, 0.3) is 0 Å². The monoisotopic (exact) mass is 189 g/mol. The fourth-order valence-corrected chi connectivity index (χ4v) is 1.82. The summed E-state index contributed by atoms with van der Waals surface area (Å²) in [7, 11) is 0. The van der Waals surface area contributed by atoms with Crippen molar-refractivity contribution >= 4 is 0 Å². The summed E-state index contributed by atoms with van der Waals surface area (Å²) in [5, 5.41) is 12.6. The summed E-state index contributed by atoms with van der Waals surface area (Å²) in [6, 6.07) is 0. The molecule has 0 aromatic heterocycles. The van der Waals surface area contributed by atoms with E-state index in [1.165, 1.54) is 11.1 Å². The van der Waals surface area contributed by atoms with Crippen LogP contribution in [0, 0.1) is 5.92 Å². The number of dihydropyridines is 1. The fourth-order valence-electron chi connectivity index (χ4n) is 1.82. The smallest absolute Gasteiger partial charge is 0.111 e. The van der Waals surface area contributed by atoms with Crippen molar-refractivity contribution in [1.82, 2.24) is 5.32 Å². The van der Waals surface area contributed by atoms with Gasteiger partial charge in [0.1, 0.15) is 5.76 Å². The van der Waals surface area contributed by atoms with Gasteiger partial charge in [0, 0.05) is 18.7 Å². The van der Waals surface area contributed by atoms with Crippen LogP contribution in [-0.2, 0) is 0 Å². The Hall–Kier alpha value is -1.44. The molecule has 0 radical (unpaired) electrons. The number of allylic oxidation sites excluding steroid dienone is 5. The van der Waals surface area contributed by atoms with Crippen molar-refractivity contribution in [3.63, 3.8) is 0 Å². The molecule has 0 bridgehead atoms. The maximum Gasteiger partial charge on any atom is 0.111 e. The number of rotatable bonds is 1. The van der Waals surface area contributed by atoms with Crippen molar-refractivity contribution in [2.75, 3.05) is 6.54 Å². The van der Waals surface area contributed by atoms with E-state index in [1.807, 2.05) is 18.4 Å². The van der Waals surface area contributed by atoms with Crippen molar-refractivity contribution in [3.05, 3.63) is 47.4 Å². The number of nitrogens with one attached hydrogen (secondary N) is 1. The summed E-state index contributed by atoms with van der Waals surface area (Å²) in [6.07, 6.45) is 10.9. The van der Waals surface area contributed by atoms with Crippen LogP contribution in [0.5, 0.6) is 0 Å². The van der Waals surface area contributed by atoms with Crippen LogP contribution in [0.3, 0.4) is 0 Å². The first-order valence-electron chi connectivity index (χ1n) is 4.93. The first-order valence-corrected chi connectivity index (χ1v) is 4.93. The van der Waals surface area contributed by atoms with Crippen molar-refractivity contribution in [1.29, 1.82) is 0 Å². The van der Waals surface area contributed by atoms with Crippen LogP contribution >= 0.6 is 0 Å². The Balaban J connectivity index is 2.17. The van der Waals surface area contributed by atoms with E-state index in [2.05, 4.69) is 18.3 Å². The largest absolute Gasteiger partial charge is 0.508 e. The molecular formula is C12H15NO. The number of hydrogen-bond donors (Lipinski definition) is 2. The van der Waals surface area contributed by atoms with Crippen molar-refractivity contribution in [2.24, 2.45) is 5.92 Å². The van der Waals surface area contributed by atoms with Crippen LogP contribution < -0.4 is 5.32 Å². The zero-order valence-corrected chi connectivity index (χ0v) is 8.33. The first kappa shape index (κ1) is 9.13. The highest BCUT2D eigenvalue weighted by molar-refractivity contribution is 5.35. The zero-order chi connectivity index (χ0) is 9.97. The third-order valence-electron chi connectivity index (χ3n) is 2.54.